The van der Waals surface area contributed by atoms with Crippen molar-refractivity contribution in [2.45, 2.75) is 84.8 Å². The van der Waals surface area contributed by atoms with Crippen LogP contribution < -0.4 is 5.32 Å². The van der Waals surface area contributed by atoms with Gasteiger partial charge in [0.05, 0.1) is 12.7 Å². The van der Waals surface area contributed by atoms with E-state index in [0.29, 0.717) is 11.5 Å². The van der Waals surface area contributed by atoms with Crippen molar-refractivity contribution in [3.63, 3.8) is 0 Å². The topological polar surface area (TPSA) is 41.5 Å². The number of ether oxygens (including phenoxy) is 1. The Bertz CT molecular complexity index is 287. The summed E-state index contributed by atoms with van der Waals surface area (Å²) in [5.74, 6) is 0.771. The molecule has 0 radical (unpaired) electrons. The van der Waals surface area contributed by atoms with Gasteiger partial charge >= 0.3 is 0 Å². The zero-order valence-corrected chi connectivity index (χ0v) is 14.9. The van der Waals surface area contributed by atoms with Crippen LogP contribution in [0.4, 0.5) is 0 Å². The number of hydrogen-bond donors (Lipinski definition) is 2. The van der Waals surface area contributed by atoms with Crippen LogP contribution in [0.15, 0.2) is 0 Å². The number of likely N-dealkylation sites (N-methyl/N-ethyl adjacent to an activating group) is 1. The van der Waals surface area contributed by atoms with E-state index >= 15 is 0 Å². The third kappa shape index (κ3) is 6.25. The fraction of sp³-hybridized carbons (Fsp3) is 1.00. The summed E-state index contributed by atoms with van der Waals surface area (Å²) >= 11 is 0. The molecule has 3 atom stereocenters. The summed E-state index contributed by atoms with van der Waals surface area (Å²) in [6.45, 7) is 13.2. The van der Waals surface area contributed by atoms with Crippen LogP contribution in [0.25, 0.3) is 0 Å². The number of rotatable bonds is 9. The molecule has 1 fully saturated rings. The number of aliphatic hydroxyl groups excluding tert-OH is 1. The summed E-state index contributed by atoms with van der Waals surface area (Å²) in [6.07, 6.45) is 7.10. The fourth-order valence-corrected chi connectivity index (χ4v) is 4.06. The Balaban J connectivity index is 2.32. The van der Waals surface area contributed by atoms with Gasteiger partial charge in [0.1, 0.15) is 0 Å². The molecule has 21 heavy (non-hydrogen) atoms. The van der Waals surface area contributed by atoms with Crippen LogP contribution >= 0.6 is 0 Å². The van der Waals surface area contributed by atoms with Crippen LogP contribution in [0.1, 0.15) is 73.1 Å². The Morgan fingerprint density at radius 1 is 1.29 bits per heavy atom. The zero-order valence-electron chi connectivity index (χ0n) is 14.9. The molecule has 0 aromatic carbocycles. The van der Waals surface area contributed by atoms with Gasteiger partial charge in [-0.1, -0.05) is 34.6 Å². The molecule has 0 aromatic rings. The number of nitrogens with one attached hydrogen (secondary N) is 1. The van der Waals surface area contributed by atoms with Crippen molar-refractivity contribution >= 4 is 0 Å². The first-order valence-corrected chi connectivity index (χ1v) is 8.84. The lowest BCUT2D eigenvalue weighted by molar-refractivity contribution is -0.0264. The van der Waals surface area contributed by atoms with Gasteiger partial charge in [0.15, 0.2) is 0 Å². The third-order valence-electron chi connectivity index (χ3n) is 5.03. The van der Waals surface area contributed by atoms with E-state index in [4.69, 9.17) is 4.74 Å². The van der Waals surface area contributed by atoms with Gasteiger partial charge in [-0.15, -0.1) is 0 Å². The molecule has 3 heteroatoms. The molecular weight excluding hydrogens is 262 g/mol. The first-order chi connectivity index (χ1) is 9.86. The lowest BCUT2D eigenvalue weighted by atomic mass is 9.71. The first kappa shape index (κ1) is 18.9. The highest BCUT2D eigenvalue weighted by molar-refractivity contribution is 4.86. The summed E-state index contributed by atoms with van der Waals surface area (Å²) in [5.41, 5.74) is 0.307. The van der Waals surface area contributed by atoms with Gasteiger partial charge in [-0.2, -0.15) is 0 Å². The summed E-state index contributed by atoms with van der Waals surface area (Å²) in [5, 5.41) is 13.1. The maximum Gasteiger partial charge on any atom is 0.0613 e. The second kappa shape index (κ2) is 8.50. The van der Waals surface area contributed by atoms with Crippen LogP contribution in [-0.2, 0) is 4.74 Å². The highest BCUT2D eigenvalue weighted by atomic mass is 16.5. The minimum Gasteiger partial charge on any atom is -0.394 e. The number of hydrogen-bond acceptors (Lipinski definition) is 3. The van der Waals surface area contributed by atoms with Gasteiger partial charge in [0.2, 0.25) is 0 Å². The van der Waals surface area contributed by atoms with Crippen LogP contribution in [0.3, 0.4) is 0 Å². The van der Waals surface area contributed by atoms with E-state index in [1.165, 1.54) is 19.3 Å². The van der Waals surface area contributed by atoms with Crippen molar-refractivity contribution < 1.29 is 9.84 Å². The van der Waals surface area contributed by atoms with E-state index in [0.717, 1.165) is 38.3 Å². The summed E-state index contributed by atoms with van der Waals surface area (Å²) in [6, 6.07) is 0. The summed E-state index contributed by atoms with van der Waals surface area (Å²) in [4.78, 5) is 0. The van der Waals surface area contributed by atoms with Crippen LogP contribution in [0, 0.1) is 11.3 Å². The quantitative estimate of drug-likeness (QED) is 0.637. The lowest BCUT2D eigenvalue weighted by Crippen LogP contribution is -2.48. The van der Waals surface area contributed by atoms with Crippen LogP contribution in [0.5, 0.6) is 0 Å². The van der Waals surface area contributed by atoms with E-state index in [-0.39, 0.29) is 12.1 Å². The van der Waals surface area contributed by atoms with E-state index < -0.39 is 0 Å². The molecule has 2 N–H and O–H groups in total. The lowest BCUT2D eigenvalue weighted by Gasteiger charge is -2.39. The van der Waals surface area contributed by atoms with Crippen molar-refractivity contribution in [2.75, 3.05) is 19.8 Å². The maximum absolute atomic E-state index is 9.66. The summed E-state index contributed by atoms with van der Waals surface area (Å²) < 4.78 is 6.14. The van der Waals surface area contributed by atoms with Crippen molar-refractivity contribution in [1.82, 2.24) is 5.32 Å². The molecule has 0 aliphatic heterocycles. The Labute approximate surface area is 131 Å². The predicted octanol–water partition coefficient (Wildman–Crippen LogP) is 3.75. The van der Waals surface area contributed by atoms with Gasteiger partial charge in [0, 0.05) is 12.1 Å². The minimum absolute atomic E-state index is 0.114. The van der Waals surface area contributed by atoms with Crippen molar-refractivity contribution in [3.8, 4) is 0 Å². The molecule has 1 rings (SSSR count). The van der Waals surface area contributed by atoms with E-state index in [1.807, 2.05) is 0 Å². The molecule has 0 saturated heterocycles. The van der Waals surface area contributed by atoms with Gasteiger partial charge in [-0.3, -0.25) is 0 Å². The zero-order chi connectivity index (χ0) is 15.9. The minimum atomic E-state index is -0.114. The third-order valence-corrected chi connectivity index (χ3v) is 5.03. The van der Waals surface area contributed by atoms with Gasteiger partial charge < -0.3 is 15.2 Å². The standard InChI is InChI=1S/C18H37NO2/c1-6-18(14-20,19-7-2)9-8-10-21-16-11-15(3)12-17(4,5)13-16/h15-16,19-20H,6-14H2,1-5H3. The molecule has 0 spiro atoms. The molecule has 0 amide bonds. The fourth-order valence-electron chi connectivity index (χ4n) is 4.06. The van der Waals surface area contributed by atoms with Crippen molar-refractivity contribution in [3.05, 3.63) is 0 Å². The highest BCUT2D eigenvalue weighted by Crippen LogP contribution is 2.39. The molecule has 1 aliphatic carbocycles. The molecule has 0 bridgehead atoms. The molecule has 1 saturated carbocycles. The average molecular weight is 299 g/mol. The Morgan fingerprint density at radius 3 is 2.52 bits per heavy atom. The molecule has 3 unspecified atom stereocenters. The Hall–Kier alpha value is -0.120. The average Bonchev–Trinajstić information content (AvgIpc) is 2.40. The largest absolute Gasteiger partial charge is 0.394 e. The smallest absolute Gasteiger partial charge is 0.0613 e. The second-order valence-corrected chi connectivity index (χ2v) is 7.83. The van der Waals surface area contributed by atoms with Gasteiger partial charge in [-0.05, 0) is 56.4 Å². The van der Waals surface area contributed by atoms with Crippen LogP contribution in [-0.4, -0.2) is 36.5 Å². The normalized spacial score (nSPS) is 28.3. The summed E-state index contributed by atoms with van der Waals surface area (Å²) in [7, 11) is 0. The van der Waals surface area contributed by atoms with Gasteiger partial charge in [-0.25, -0.2) is 0 Å². The molecule has 0 aromatic heterocycles. The molecule has 126 valence electrons. The van der Waals surface area contributed by atoms with E-state index in [2.05, 4.69) is 39.9 Å². The van der Waals surface area contributed by atoms with Gasteiger partial charge in [0.25, 0.3) is 0 Å². The van der Waals surface area contributed by atoms with Crippen molar-refractivity contribution in [1.29, 1.82) is 0 Å². The number of aliphatic hydroxyl groups is 1. The molecule has 1 aliphatic rings. The van der Waals surface area contributed by atoms with Crippen LogP contribution in [0.2, 0.25) is 0 Å². The van der Waals surface area contributed by atoms with E-state index in [9.17, 15) is 5.11 Å². The van der Waals surface area contributed by atoms with E-state index in [1.54, 1.807) is 0 Å². The Morgan fingerprint density at radius 2 is 2.00 bits per heavy atom. The highest BCUT2D eigenvalue weighted by Gasteiger charge is 2.32. The molecule has 0 heterocycles. The monoisotopic (exact) mass is 299 g/mol. The predicted molar refractivity (Wildman–Crippen MR) is 89.6 cm³/mol. The molecule has 3 nitrogen and oxygen atoms in total. The second-order valence-electron chi connectivity index (χ2n) is 7.83. The Kier molecular flexibility index (Phi) is 7.66. The maximum atomic E-state index is 9.66. The molecular formula is C18H37NO2. The SMILES string of the molecule is CCNC(CC)(CO)CCCOC1CC(C)CC(C)(C)C1. The first-order valence-electron chi connectivity index (χ1n) is 8.84. The van der Waals surface area contributed by atoms with Crippen molar-refractivity contribution in [2.24, 2.45) is 11.3 Å².